The number of ether oxygens (including phenoxy) is 2. The molecule has 0 aromatic heterocycles. The van der Waals surface area contributed by atoms with Crippen molar-refractivity contribution < 1.29 is 19.1 Å². The fraction of sp³-hybridized carbons (Fsp3) is 0.333. The molecule has 1 aliphatic rings. The minimum Gasteiger partial charge on any atom is -0.489 e. The maximum absolute atomic E-state index is 12.3. The van der Waals surface area contributed by atoms with Crippen LogP contribution in [-0.4, -0.2) is 17.9 Å². The third kappa shape index (κ3) is 4.69. The molecule has 4 heteroatoms. The largest absolute Gasteiger partial charge is 0.489 e. The van der Waals surface area contributed by atoms with Gasteiger partial charge in [0.1, 0.15) is 12.4 Å². The lowest BCUT2D eigenvalue weighted by Crippen LogP contribution is -2.30. The van der Waals surface area contributed by atoms with Gasteiger partial charge in [-0.25, -0.2) is 4.79 Å². The lowest BCUT2D eigenvalue weighted by Gasteiger charge is -2.20. The Labute approximate surface area is 147 Å². The van der Waals surface area contributed by atoms with Crippen molar-refractivity contribution in [2.75, 3.05) is 0 Å². The molecule has 1 fully saturated rings. The number of aryl methyl sites for hydroxylation is 1. The van der Waals surface area contributed by atoms with Crippen LogP contribution in [0.1, 0.15) is 47.2 Å². The van der Waals surface area contributed by atoms with Crippen molar-refractivity contribution in [2.45, 2.75) is 45.3 Å². The summed E-state index contributed by atoms with van der Waals surface area (Å²) in [5, 5.41) is 0. The zero-order valence-corrected chi connectivity index (χ0v) is 14.4. The van der Waals surface area contributed by atoms with Gasteiger partial charge >= 0.3 is 5.97 Å². The van der Waals surface area contributed by atoms with Gasteiger partial charge in [0.05, 0.1) is 5.56 Å². The van der Waals surface area contributed by atoms with Crippen LogP contribution in [0.2, 0.25) is 0 Å². The molecule has 0 saturated heterocycles. The molecule has 1 aliphatic carbocycles. The Morgan fingerprint density at radius 2 is 1.96 bits per heavy atom. The summed E-state index contributed by atoms with van der Waals surface area (Å²) in [4.78, 5) is 24.1. The first-order valence-corrected chi connectivity index (χ1v) is 8.64. The molecule has 0 spiro atoms. The minimum absolute atomic E-state index is 0.0199. The van der Waals surface area contributed by atoms with E-state index in [1.165, 1.54) is 5.56 Å². The van der Waals surface area contributed by atoms with E-state index >= 15 is 0 Å². The van der Waals surface area contributed by atoms with Gasteiger partial charge < -0.3 is 9.47 Å². The summed E-state index contributed by atoms with van der Waals surface area (Å²) in [6.07, 6.45) is 2.32. The predicted molar refractivity (Wildman–Crippen MR) is 94.6 cm³/mol. The molecule has 0 N–H and O–H groups in total. The Kier molecular flexibility index (Phi) is 5.49. The van der Waals surface area contributed by atoms with E-state index in [0.29, 0.717) is 30.8 Å². The van der Waals surface area contributed by atoms with Crippen molar-refractivity contribution in [2.24, 2.45) is 0 Å². The Balaban J connectivity index is 1.62. The first-order chi connectivity index (χ1) is 12.1. The molecule has 3 rings (SSSR count). The van der Waals surface area contributed by atoms with Gasteiger partial charge in [0.25, 0.3) is 0 Å². The molecule has 25 heavy (non-hydrogen) atoms. The van der Waals surface area contributed by atoms with Crippen molar-refractivity contribution in [3.05, 3.63) is 65.2 Å². The Hall–Kier alpha value is -2.62. The minimum atomic E-state index is -0.599. The van der Waals surface area contributed by atoms with Crippen LogP contribution in [0, 0.1) is 6.92 Å². The molecular weight excluding hydrogens is 316 g/mol. The number of ketones is 1. The van der Waals surface area contributed by atoms with Crippen molar-refractivity contribution >= 4 is 11.8 Å². The maximum atomic E-state index is 12.3. The molecule has 0 radical (unpaired) electrons. The SMILES string of the molecule is Cc1cccc(COc2cccc(C(=O)O[C@@H]3CCCCC3=O)c2)c1. The lowest BCUT2D eigenvalue weighted by atomic mass is 9.96. The van der Waals surface area contributed by atoms with E-state index < -0.39 is 12.1 Å². The van der Waals surface area contributed by atoms with Crippen LogP contribution in [0.4, 0.5) is 0 Å². The fourth-order valence-corrected chi connectivity index (χ4v) is 2.95. The third-order valence-electron chi connectivity index (χ3n) is 4.31. The second-order valence-corrected chi connectivity index (χ2v) is 6.41. The van der Waals surface area contributed by atoms with Gasteiger partial charge in [0.2, 0.25) is 0 Å². The van der Waals surface area contributed by atoms with Gasteiger partial charge in [-0.15, -0.1) is 0 Å². The van der Waals surface area contributed by atoms with Gasteiger partial charge in [-0.3, -0.25) is 4.79 Å². The van der Waals surface area contributed by atoms with Crippen LogP contribution in [0.15, 0.2) is 48.5 Å². The van der Waals surface area contributed by atoms with Crippen molar-refractivity contribution in [3.63, 3.8) is 0 Å². The zero-order chi connectivity index (χ0) is 17.6. The second kappa shape index (κ2) is 7.97. The topological polar surface area (TPSA) is 52.6 Å². The van der Waals surface area contributed by atoms with E-state index in [-0.39, 0.29) is 5.78 Å². The van der Waals surface area contributed by atoms with Crippen LogP contribution < -0.4 is 4.74 Å². The van der Waals surface area contributed by atoms with E-state index in [2.05, 4.69) is 6.07 Å². The first kappa shape index (κ1) is 17.2. The number of Topliss-reactive ketones (excluding diaryl/α,β-unsaturated/α-hetero) is 1. The number of carbonyl (C=O) groups is 2. The van der Waals surface area contributed by atoms with Crippen LogP contribution in [-0.2, 0) is 16.1 Å². The molecule has 0 bridgehead atoms. The predicted octanol–water partition coefficient (Wildman–Crippen LogP) is 4.24. The average molecular weight is 338 g/mol. The van der Waals surface area contributed by atoms with Gasteiger partial charge in [-0.1, -0.05) is 35.9 Å². The van der Waals surface area contributed by atoms with E-state index in [1.54, 1.807) is 24.3 Å². The van der Waals surface area contributed by atoms with E-state index in [9.17, 15) is 9.59 Å². The highest BCUT2D eigenvalue weighted by Gasteiger charge is 2.26. The third-order valence-corrected chi connectivity index (χ3v) is 4.31. The van der Waals surface area contributed by atoms with Crippen LogP contribution >= 0.6 is 0 Å². The summed E-state index contributed by atoms with van der Waals surface area (Å²) in [6.45, 7) is 2.47. The summed E-state index contributed by atoms with van der Waals surface area (Å²) in [5.41, 5.74) is 2.65. The van der Waals surface area contributed by atoms with Crippen LogP contribution in [0.5, 0.6) is 5.75 Å². The van der Waals surface area contributed by atoms with Gasteiger partial charge in [-0.2, -0.15) is 0 Å². The number of rotatable bonds is 5. The Morgan fingerprint density at radius 1 is 1.12 bits per heavy atom. The molecule has 0 aliphatic heterocycles. The highest BCUT2D eigenvalue weighted by Crippen LogP contribution is 2.21. The smallest absolute Gasteiger partial charge is 0.338 e. The molecule has 2 aromatic rings. The van der Waals surface area contributed by atoms with E-state index in [4.69, 9.17) is 9.47 Å². The molecule has 0 unspecified atom stereocenters. The molecular formula is C21H22O4. The Morgan fingerprint density at radius 3 is 2.76 bits per heavy atom. The molecule has 0 heterocycles. The summed E-state index contributed by atoms with van der Waals surface area (Å²) in [5.74, 6) is 0.152. The monoisotopic (exact) mass is 338 g/mol. The molecule has 130 valence electrons. The van der Waals surface area contributed by atoms with Gasteiger partial charge in [0, 0.05) is 6.42 Å². The van der Waals surface area contributed by atoms with Crippen molar-refractivity contribution in [1.82, 2.24) is 0 Å². The lowest BCUT2D eigenvalue weighted by molar-refractivity contribution is -0.129. The molecule has 2 aromatic carbocycles. The molecule has 1 atom stereocenters. The number of benzene rings is 2. The summed E-state index contributed by atoms with van der Waals surface area (Å²) in [7, 11) is 0. The standard InChI is InChI=1S/C21H22O4/c1-15-6-4-7-16(12-15)14-24-18-9-5-8-17(13-18)21(23)25-20-11-3-2-10-19(20)22/h4-9,12-13,20H,2-3,10-11,14H2,1H3/t20-/m1/s1. The molecule has 4 nitrogen and oxygen atoms in total. The van der Waals surface area contributed by atoms with Crippen molar-refractivity contribution in [1.29, 1.82) is 0 Å². The van der Waals surface area contributed by atoms with Crippen molar-refractivity contribution in [3.8, 4) is 5.75 Å². The number of hydrogen-bond acceptors (Lipinski definition) is 4. The van der Waals surface area contributed by atoms with Gasteiger partial charge in [0.15, 0.2) is 11.9 Å². The summed E-state index contributed by atoms with van der Waals surface area (Å²) >= 11 is 0. The van der Waals surface area contributed by atoms with Crippen LogP contribution in [0.25, 0.3) is 0 Å². The fourth-order valence-electron chi connectivity index (χ4n) is 2.95. The van der Waals surface area contributed by atoms with Crippen LogP contribution in [0.3, 0.4) is 0 Å². The zero-order valence-electron chi connectivity index (χ0n) is 14.4. The molecule has 1 saturated carbocycles. The van der Waals surface area contributed by atoms with Gasteiger partial charge in [-0.05, 0) is 49.9 Å². The average Bonchev–Trinajstić information content (AvgIpc) is 2.62. The van der Waals surface area contributed by atoms with E-state index in [1.807, 2.05) is 25.1 Å². The highest BCUT2D eigenvalue weighted by molar-refractivity contribution is 5.93. The maximum Gasteiger partial charge on any atom is 0.338 e. The first-order valence-electron chi connectivity index (χ1n) is 8.64. The Bertz CT molecular complexity index is 766. The quantitative estimate of drug-likeness (QED) is 0.765. The number of carbonyl (C=O) groups excluding carboxylic acids is 2. The normalized spacial score (nSPS) is 17.2. The highest BCUT2D eigenvalue weighted by atomic mass is 16.5. The number of hydrogen-bond donors (Lipinski definition) is 0. The summed E-state index contributed by atoms with van der Waals surface area (Å²) in [6, 6.07) is 15.0. The van der Waals surface area contributed by atoms with E-state index in [0.717, 1.165) is 18.4 Å². The summed E-state index contributed by atoms with van der Waals surface area (Å²) < 4.78 is 11.2. The molecule has 0 amide bonds. The second-order valence-electron chi connectivity index (χ2n) is 6.41. The number of esters is 1.